The van der Waals surface area contributed by atoms with E-state index in [0.717, 1.165) is 35.9 Å². The molecule has 148 valence electrons. The minimum Gasteiger partial charge on any atom is -0.497 e. The van der Waals surface area contributed by atoms with Crippen molar-refractivity contribution in [2.45, 2.75) is 56.8 Å². The van der Waals surface area contributed by atoms with Crippen LogP contribution in [0, 0.1) is 0 Å². The van der Waals surface area contributed by atoms with Crippen LogP contribution in [0.2, 0.25) is 0 Å². The molecule has 2 fully saturated rings. The molecule has 0 aromatic heterocycles. The molecule has 2 aromatic carbocycles. The predicted octanol–water partition coefficient (Wildman–Crippen LogP) is 4.57. The van der Waals surface area contributed by atoms with Gasteiger partial charge in [0.05, 0.1) is 7.11 Å². The second-order valence-electron chi connectivity index (χ2n) is 7.89. The Morgan fingerprint density at radius 2 is 1.71 bits per heavy atom. The van der Waals surface area contributed by atoms with Crippen LogP contribution in [0.5, 0.6) is 5.75 Å². The van der Waals surface area contributed by atoms with E-state index in [4.69, 9.17) is 17.0 Å². The van der Waals surface area contributed by atoms with Crippen molar-refractivity contribution in [2.24, 2.45) is 0 Å². The minimum atomic E-state index is 0.450. The number of methoxy groups -OCH3 is 1. The summed E-state index contributed by atoms with van der Waals surface area (Å²) >= 11 is 5.56. The van der Waals surface area contributed by atoms with E-state index in [1.165, 1.54) is 24.8 Å². The van der Waals surface area contributed by atoms with E-state index in [-0.39, 0.29) is 0 Å². The number of ether oxygens (including phenoxy) is 1. The Morgan fingerprint density at radius 3 is 2.36 bits per heavy atom. The first-order valence-corrected chi connectivity index (χ1v) is 10.6. The number of nitrogens with one attached hydrogen (secondary N) is 2. The van der Waals surface area contributed by atoms with Gasteiger partial charge in [-0.15, -0.1) is 0 Å². The van der Waals surface area contributed by atoms with Gasteiger partial charge in [-0.3, -0.25) is 4.90 Å². The number of anilines is 1. The maximum atomic E-state index is 5.56. The monoisotopic (exact) mass is 395 g/mol. The summed E-state index contributed by atoms with van der Waals surface area (Å²) in [7, 11) is 1.72. The number of hydrogen-bond donors (Lipinski definition) is 2. The van der Waals surface area contributed by atoms with E-state index in [0.29, 0.717) is 18.1 Å². The Kier molecular flexibility index (Phi) is 6.13. The van der Waals surface area contributed by atoms with Gasteiger partial charge in [-0.25, -0.2) is 0 Å². The summed E-state index contributed by atoms with van der Waals surface area (Å²) < 4.78 is 5.29. The van der Waals surface area contributed by atoms with Crippen LogP contribution in [0.15, 0.2) is 54.6 Å². The molecule has 0 spiro atoms. The molecule has 2 atom stereocenters. The van der Waals surface area contributed by atoms with Crippen LogP contribution in [0.25, 0.3) is 0 Å². The number of nitrogens with zero attached hydrogens (tertiary/aromatic N) is 1. The Balaban J connectivity index is 1.35. The number of hydrogen-bond acceptors (Lipinski definition) is 3. The molecule has 2 N–H and O–H groups in total. The van der Waals surface area contributed by atoms with Crippen LogP contribution in [0.1, 0.15) is 37.7 Å². The highest BCUT2D eigenvalue weighted by Crippen LogP contribution is 2.35. The molecule has 0 aliphatic carbocycles. The smallest absolute Gasteiger partial charge is 0.170 e. The normalized spacial score (nSPS) is 24.4. The fourth-order valence-electron chi connectivity index (χ4n) is 4.67. The fourth-order valence-corrected chi connectivity index (χ4v) is 4.95. The topological polar surface area (TPSA) is 36.5 Å². The Morgan fingerprint density at radius 1 is 1.04 bits per heavy atom. The van der Waals surface area contributed by atoms with Gasteiger partial charge in [0, 0.05) is 30.4 Å². The van der Waals surface area contributed by atoms with Crippen molar-refractivity contribution in [3.05, 3.63) is 60.2 Å². The number of piperidine rings is 2. The lowest BCUT2D eigenvalue weighted by Crippen LogP contribution is -2.56. The van der Waals surface area contributed by atoms with Crippen molar-refractivity contribution >= 4 is 23.0 Å². The number of para-hydroxylation sites is 1. The molecular weight excluding hydrogens is 366 g/mol. The first-order chi connectivity index (χ1) is 13.7. The van der Waals surface area contributed by atoms with Crippen molar-refractivity contribution in [1.29, 1.82) is 0 Å². The Hall–Kier alpha value is -2.11. The van der Waals surface area contributed by atoms with Gasteiger partial charge >= 0.3 is 0 Å². The van der Waals surface area contributed by atoms with E-state index in [1.807, 2.05) is 30.3 Å². The van der Waals surface area contributed by atoms with Crippen molar-refractivity contribution in [3.8, 4) is 5.75 Å². The van der Waals surface area contributed by atoms with Crippen LogP contribution in [0.3, 0.4) is 0 Å². The largest absolute Gasteiger partial charge is 0.497 e. The highest BCUT2D eigenvalue weighted by molar-refractivity contribution is 7.80. The molecule has 4 rings (SSSR count). The van der Waals surface area contributed by atoms with Gasteiger partial charge in [-0.05, 0) is 67.7 Å². The highest BCUT2D eigenvalue weighted by atomic mass is 32.1. The third-order valence-electron chi connectivity index (χ3n) is 6.02. The van der Waals surface area contributed by atoms with E-state index >= 15 is 0 Å². The Labute approximate surface area is 173 Å². The molecule has 2 aromatic rings. The molecule has 28 heavy (non-hydrogen) atoms. The van der Waals surface area contributed by atoms with Gasteiger partial charge in [0.25, 0.3) is 0 Å². The number of rotatable bonds is 5. The molecule has 2 aliphatic rings. The summed E-state index contributed by atoms with van der Waals surface area (Å²) in [5.41, 5.74) is 2.41. The molecule has 0 saturated carbocycles. The average molecular weight is 396 g/mol. The average Bonchev–Trinajstić information content (AvgIpc) is 2.70. The summed E-state index contributed by atoms with van der Waals surface area (Å²) in [6.07, 6.45) is 6.22. The third-order valence-corrected chi connectivity index (χ3v) is 6.24. The quantitative estimate of drug-likeness (QED) is 0.726. The van der Waals surface area contributed by atoms with E-state index in [1.54, 1.807) is 7.11 Å². The van der Waals surface area contributed by atoms with Crippen LogP contribution in [0.4, 0.5) is 5.69 Å². The number of fused-ring (bicyclic) bond motifs is 2. The molecular formula is C23H29N3OS. The van der Waals surface area contributed by atoms with Crippen LogP contribution in [-0.2, 0) is 6.54 Å². The summed E-state index contributed by atoms with van der Waals surface area (Å²) in [6, 6.07) is 20.4. The van der Waals surface area contributed by atoms with Crippen molar-refractivity contribution in [1.82, 2.24) is 10.2 Å². The molecule has 0 amide bonds. The second kappa shape index (κ2) is 8.93. The molecule has 2 aliphatic heterocycles. The number of thiocarbonyl (C=S) groups is 1. The minimum absolute atomic E-state index is 0.450. The fraction of sp³-hybridized carbons (Fsp3) is 0.435. The zero-order valence-electron chi connectivity index (χ0n) is 16.4. The molecule has 5 heteroatoms. The van der Waals surface area contributed by atoms with Crippen molar-refractivity contribution < 1.29 is 4.74 Å². The Bertz CT molecular complexity index is 766. The van der Waals surface area contributed by atoms with Crippen LogP contribution in [-0.4, -0.2) is 35.2 Å². The SMILES string of the molecule is COc1ccc(CN2[C@@H]3CCC[C@@H]2CC(NC(=S)Nc2ccccc2)C3)cc1. The van der Waals surface area contributed by atoms with Gasteiger partial charge in [-0.2, -0.15) is 0 Å². The molecule has 2 heterocycles. The predicted molar refractivity (Wildman–Crippen MR) is 119 cm³/mol. The van der Waals surface area contributed by atoms with Gasteiger partial charge < -0.3 is 15.4 Å². The summed E-state index contributed by atoms with van der Waals surface area (Å²) in [5, 5.41) is 7.62. The second-order valence-corrected chi connectivity index (χ2v) is 8.30. The maximum Gasteiger partial charge on any atom is 0.170 e. The van der Waals surface area contributed by atoms with Crippen LogP contribution < -0.4 is 15.4 Å². The summed E-state index contributed by atoms with van der Waals surface area (Å²) in [4.78, 5) is 2.72. The van der Waals surface area contributed by atoms with E-state index < -0.39 is 0 Å². The van der Waals surface area contributed by atoms with Crippen LogP contribution >= 0.6 is 12.2 Å². The van der Waals surface area contributed by atoms with Gasteiger partial charge in [0.2, 0.25) is 0 Å². The first-order valence-electron chi connectivity index (χ1n) is 10.2. The lowest BCUT2D eigenvalue weighted by atomic mass is 9.81. The maximum absolute atomic E-state index is 5.56. The zero-order valence-corrected chi connectivity index (χ0v) is 17.3. The lowest BCUT2D eigenvalue weighted by molar-refractivity contribution is 0.0211. The molecule has 0 radical (unpaired) electrons. The first kappa shape index (κ1) is 19.2. The standard InChI is InChI=1S/C23H29N3OS/c1-27-22-12-10-17(11-13-22)16-26-20-8-5-9-21(26)15-19(14-20)25-23(28)24-18-6-3-2-4-7-18/h2-4,6-7,10-13,19-21H,5,8-9,14-16H2,1H3,(H2,24,25,28)/t20-,21-/m1/s1. The molecule has 2 saturated heterocycles. The summed E-state index contributed by atoms with van der Waals surface area (Å²) in [6.45, 7) is 1.03. The zero-order chi connectivity index (χ0) is 19.3. The van der Waals surface area contributed by atoms with Gasteiger partial charge in [-0.1, -0.05) is 36.8 Å². The highest BCUT2D eigenvalue weighted by Gasteiger charge is 2.38. The number of benzene rings is 2. The molecule has 4 nitrogen and oxygen atoms in total. The molecule has 2 bridgehead atoms. The van der Waals surface area contributed by atoms with Gasteiger partial charge in [0.1, 0.15) is 5.75 Å². The van der Waals surface area contributed by atoms with Crippen molar-refractivity contribution in [2.75, 3.05) is 12.4 Å². The third kappa shape index (κ3) is 4.65. The van der Waals surface area contributed by atoms with Gasteiger partial charge in [0.15, 0.2) is 5.11 Å². The lowest BCUT2D eigenvalue weighted by Gasteiger charge is -2.49. The summed E-state index contributed by atoms with van der Waals surface area (Å²) in [5.74, 6) is 0.922. The van der Waals surface area contributed by atoms with E-state index in [9.17, 15) is 0 Å². The van der Waals surface area contributed by atoms with E-state index in [2.05, 4.69) is 39.8 Å². The van der Waals surface area contributed by atoms with Crippen molar-refractivity contribution in [3.63, 3.8) is 0 Å². The molecule has 0 unspecified atom stereocenters.